The highest BCUT2D eigenvalue weighted by Gasteiger charge is 2.33. The zero-order valence-electron chi connectivity index (χ0n) is 19.6. The Morgan fingerprint density at radius 1 is 0.862 bits per heavy atom. The molecule has 29 heavy (non-hydrogen) atoms. The number of unbranched alkanes of at least 4 members (excludes halogenated alkanes) is 10. The van der Waals surface area contributed by atoms with E-state index in [2.05, 4.69) is 14.0 Å². The van der Waals surface area contributed by atoms with Crippen molar-refractivity contribution in [1.29, 1.82) is 0 Å². The molecule has 0 aliphatic heterocycles. The molecule has 1 N–H and O–H groups in total. The van der Waals surface area contributed by atoms with Crippen molar-refractivity contribution in [2.45, 2.75) is 122 Å². The largest absolute Gasteiger partial charge is 0.460 e. The van der Waals surface area contributed by atoms with Crippen LogP contribution >= 0.6 is 0 Å². The monoisotopic (exact) mass is 412 g/mol. The Morgan fingerprint density at radius 2 is 1.41 bits per heavy atom. The maximum atomic E-state index is 12.0. The Balaban J connectivity index is 2.02. The lowest BCUT2D eigenvalue weighted by Crippen LogP contribution is -2.56. The highest BCUT2D eigenvalue weighted by Crippen LogP contribution is 2.26. The molecule has 1 rings (SSSR count). The average Bonchev–Trinajstić information content (AvgIpc) is 2.73. The van der Waals surface area contributed by atoms with Crippen molar-refractivity contribution in [3.63, 3.8) is 0 Å². The minimum atomic E-state index is -0.0416. The average molecular weight is 413 g/mol. The number of aliphatic hydroxyl groups excluding tert-OH is 1. The van der Waals surface area contributed by atoms with E-state index in [1.807, 2.05) is 0 Å². The van der Waals surface area contributed by atoms with Gasteiger partial charge >= 0.3 is 5.97 Å². The van der Waals surface area contributed by atoms with Crippen molar-refractivity contribution in [3.05, 3.63) is 0 Å². The third-order valence-electron chi connectivity index (χ3n) is 6.92. The summed E-state index contributed by atoms with van der Waals surface area (Å²) in [5.41, 5.74) is 0. The third kappa shape index (κ3) is 12.6. The summed E-state index contributed by atoms with van der Waals surface area (Å²) in [6, 6.07) is 0.612. The van der Waals surface area contributed by atoms with Gasteiger partial charge in [-0.15, -0.1) is 0 Å². The summed E-state index contributed by atoms with van der Waals surface area (Å²) in [5, 5.41) is 9.49. The number of quaternary nitrogens is 1. The molecule has 1 fully saturated rings. The van der Waals surface area contributed by atoms with E-state index in [1.165, 1.54) is 89.9 Å². The van der Waals surface area contributed by atoms with Gasteiger partial charge in [0.15, 0.2) is 0 Å². The Bertz CT molecular complexity index is 396. The summed E-state index contributed by atoms with van der Waals surface area (Å²) in [5.74, 6) is -0.0416. The van der Waals surface area contributed by atoms with Crippen LogP contribution in [0.1, 0.15) is 116 Å². The minimum absolute atomic E-state index is 0.0416. The van der Waals surface area contributed by atoms with Crippen LogP contribution in [0.15, 0.2) is 0 Å². The number of esters is 1. The zero-order chi connectivity index (χ0) is 21.2. The quantitative estimate of drug-likeness (QED) is 0.170. The second-order valence-electron chi connectivity index (χ2n) is 9.45. The van der Waals surface area contributed by atoms with E-state index in [1.54, 1.807) is 0 Å². The molecule has 0 saturated heterocycles. The van der Waals surface area contributed by atoms with Crippen LogP contribution in [0.5, 0.6) is 0 Å². The lowest BCUT2D eigenvalue weighted by molar-refractivity contribution is -0.935. The summed E-state index contributed by atoms with van der Waals surface area (Å²) in [4.78, 5) is 12.0. The number of carbonyl (C=O) groups is 1. The van der Waals surface area contributed by atoms with Crippen LogP contribution in [0, 0.1) is 0 Å². The number of rotatable bonds is 18. The fourth-order valence-corrected chi connectivity index (χ4v) is 4.78. The summed E-state index contributed by atoms with van der Waals surface area (Å²) in [7, 11) is 2.23. The van der Waals surface area contributed by atoms with E-state index in [0.29, 0.717) is 19.1 Å². The van der Waals surface area contributed by atoms with Crippen molar-refractivity contribution < 1.29 is 19.1 Å². The van der Waals surface area contributed by atoms with E-state index in [9.17, 15) is 9.90 Å². The molecule has 1 unspecified atom stereocenters. The van der Waals surface area contributed by atoms with Gasteiger partial charge in [0.05, 0.1) is 19.7 Å². The van der Waals surface area contributed by atoms with E-state index in [0.717, 1.165) is 30.4 Å². The number of nitrogens with zero attached hydrogens (tertiary/aromatic N) is 1. The van der Waals surface area contributed by atoms with Crippen LogP contribution in [0.4, 0.5) is 0 Å². The molecule has 0 bridgehead atoms. The molecule has 0 aromatic heterocycles. The molecular formula is C25H50NO3+. The Hall–Kier alpha value is -0.610. The first-order chi connectivity index (χ1) is 14.1. The lowest BCUT2D eigenvalue weighted by Gasteiger charge is -2.43. The van der Waals surface area contributed by atoms with Gasteiger partial charge in [-0.05, 0) is 32.1 Å². The van der Waals surface area contributed by atoms with Crippen molar-refractivity contribution in [1.82, 2.24) is 0 Å². The van der Waals surface area contributed by atoms with Crippen LogP contribution in [0.3, 0.4) is 0 Å². The zero-order valence-corrected chi connectivity index (χ0v) is 19.6. The van der Waals surface area contributed by atoms with Crippen LogP contribution in [-0.2, 0) is 9.53 Å². The van der Waals surface area contributed by atoms with Gasteiger partial charge in [-0.25, -0.2) is 0 Å². The van der Waals surface area contributed by atoms with Crippen LogP contribution in [0.2, 0.25) is 0 Å². The number of carbonyl (C=O) groups excluding carboxylic acids is 1. The fourth-order valence-electron chi connectivity index (χ4n) is 4.78. The molecule has 0 heterocycles. The highest BCUT2D eigenvalue weighted by atomic mass is 16.5. The van der Waals surface area contributed by atoms with Gasteiger partial charge in [0.2, 0.25) is 0 Å². The molecular weight excluding hydrogens is 362 g/mol. The Morgan fingerprint density at radius 3 is 1.97 bits per heavy atom. The molecule has 172 valence electrons. The first-order valence-corrected chi connectivity index (χ1v) is 12.7. The van der Waals surface area contributed by atoms with Crippen LogP contribution < -0.4 is 0 Å². The summed E-state index contributed by atoms with van der Waals surface area (Å²) < 4.78 is 6.38. The van der Waals surface area contributed by atoms with Gasteiger partial charge < -0.3 is 14.3 Å². The second-order valence-corrected chi connectivity index (χ2v) is 9.45. The Kier molecular flexibility index (Phi) is 15.6. The SMILES string of the molecule is CCCCCCCCCCCCCC(=O)OCC[N+](C)(CCO)C1CCCCC1. The summed E-state index contributed by atoms with van der Waals surface area (Å²) in [6.07, 6.45) is 21.2. The molecule has 1 saturated carbocycles. The molecule has 0 amide bonds. The Labute approximate surface area is 181 Å². The minimum Gasteiger partial charge on any atom is -0.460 e. The normalized spacial score (nSPS) is 17.2. The van der Waals surface area contributed by atoms with Gasteiger partial charge in [0.1, 0.15) is 19.7 Å². The first kappa shape index (κ1) is 26.4. The molecule has 0 spiro atoms. The molecule has 1 atom stereocenters. The molecule has 4 heteroatoms. The number of ether oxygens (including phenoxy) is 1. The van der Waals surface area contributed by atoms with Crippen LogP contribution in [-0.4, -0.2) is 55.0 Å². The molecule has 4 nitrogen and oxygen atoms in total. The van der Waals surface area contributed by atoms with Gasteiger partial charge in [-0.1, -0.05) is 77.6 Å². The van der Waals surface area contributed by atoms with E-state index in [-0.39, 0.29) is 12.6 Å². The smallest absolute Gasteiger partial charge is 0.305 e. The molecule has 0 aromatic carbocycles. The van der Waals surface area contributed by atoms with Gasteiger partial charge in [-0.2, -0.15) is 0 Å². The lowest BCUT2D eigenvalue weighted by atomic mass is 9.92. The predicted octanol–water partition coefficient (Wildman–Crippen LogP) is 6.00. The third-order valence-corrected chi connectivity index (χ3v) is 6.92. The van der Waals surface area contributed by atoms with Crippen LogP contribution in [0.25, 0.3) is 0 Å². The van der Waals surface area contributed by atoms with E-state index in [4.69, 9.17) is 4.74 Å². The van der Waals surface area contributed by atoms with Gasteiger partial charge in [0.25, 0.3) is 0 Å². The molecule has 0 radical (unpaired) electrons. The number of aliphatic hydroxyl groups is 1. The summed E-state index contributed by atoms with van der Waals surface area (Å²) >= 11 is 0. The fraction of sp³-hybridized carbons (Fsp3) is 0.960. The standard InChI is InChI=1S/C25H50NO3/c1-3-4-5-6-7-8-9-10-11-12-16-19-25(28)29-23-21-26(2,20-22-27)24-17-14-13-15-18-24/h24,27H,3-23H2,1-2H3/q+1. The number of hydrogen-bond acceptors (Lipinski definition) is 3. The van der Waals surface area contributed by atoms with Gasteiger partial charge in [-0.3, -0.25) is 4.79 Å². The number of likely N-dealkylation sites (N-methyl/N-ethyl adjacent to an activating group) is 1. The maximum Gasteiger partial charge on any atom is 0.305 e. The second kappa shape index (κ2) is 17.1. The van der Waals surface area contributed by atoms with E-state index >= 15 is 0 Å². The van der Waals surface area contributed by atoms with E-state index < -0.39 is 0 Å². The van der Waals surface area contributed by atoms with Crippen molar-refractivity contribution in [2.75, 3.05) is 33.4 Å². The molecule has 1 aliphatic carbocycles. The van der Waals surface area contributed by atoms with Crippen molar-refractivity contribution in [2.24, 2.45) is 0 Å². The predicted molar refractivity (Wildman–Crippen MR) is 122 cm³/mol. The van der Waals surface area contributed by atoms with Crippen molar-refractivity contribution >= 4 is 5.97 Å². The van der Waals surface area contributed by atoms with Crippen molar-refractivity contribution in [3.8, 4) is 0 Å². The highest BCUT2D eigenvalue weighted by molar-refractivity contribution is 5.69. The summed E-state index contributed by atoms with van der Waals surface area (Å²) in [6.45, 7) is 4.56. The first-order valence-electron chi connectivity index (χ1n) is 12.7. The number of hydrogen-bond donors (Lipinski definition) is 1. The molecule has 1 aliphatic rings. The van der Waals surface area contributed by atoms with Gasteiger partial charge in [0, 0.05) is 6.42 Å². The maximum absolute atomic E-state index is 12.0. The molecule has 0 aromatic rings. The topological polar surface area (TPSA) is 46.5 Å².